The van der Waals surface area contributed by atoms with Crippen molar-refractivity contribution in [3.8, 4) is 0 Å². The summed E-state index contributed by atoms with van der Waals surface area (Å²) in [5.74, 6) is -2.80. The molecule has 5 nitrogen and oxygen atoms in total. The Morgan fingerprint density at radius 3 is 2.26 bits per heavy atom. The number of rotatable bonds is 4. The minimum absolute atomic E-state index is 0.257. The summed E-state index contributed by atoms with van der Waals surface area (Å²) in [6, 6.07) is 7.31. The molecule has 1 amide bonds. The Balaban J connectivity index is 2.37. The van der Waals surface area contributed by atoms with Crippen molar-refractivity contribution < 1.29 is 35.9 Å². The van der Waals surface area contributed by atoms with Gasteiger partial charge in [-0.1, -0.05) is 23.7 Å². The first kappa shape index (κ1) is 21.1. The van der Waals surface area contributed by atoms with Crippen molar-refractivity contribution in [1.82, 2.24) is 0 Å². The maximum absolute atomic E-state index is 13.8. The van der Waals surface area contributed by atoms with Crippen LogP contribution in [0.2, 0.25) is 5.02 Å². The molecule has 2 aromatic carbocycles. The number of benzene rings is 2. The summed E-state index contributed by atoms with van der Waals surface area (Å²) < 4.78 is 76.7. The van der Waals surface area contributed by atoms with Crippen LogP contribution in [0.4, 0.5) is 23.2 Å². The molecule has 0 heterocycles. The number of halogens is 5. The molecule has 1 atom stereocenters. The lowest BCUT2D eigenvalue weighted by atomic mass is 10.1. The predicted octanol–water partition coefficient (Wildman–Crippen LogP) is 3.56. The fourth-order valence-corrected chi connectivity index (χ4v) is 3.58. The number of hydrogen-bond donors (Lipinski definition) is 2. The zero-order valence-corrected chi connectivity index (χ0v) is 15.1. The van der Waals surface area contributed by atoms with E-state index in [1.54, 1.807) is 5.32 Å². The number of nitrogens with one attached hydrogen (secondary N) is 1. The molecule has 0 saturated heterocycles. The normalized spacial score (nSPS) is 14.5. The lowest BCUT2D eigenvalue weighted by Crippen LogP contribution is -2.52. The third kappa shape index (κ3) is 4.07. The molecule has 0 radical (unpaired) electrons. The molecule has 27 heavy (non-hydrogen) atoms. The van der Waals surface area contributed by atoms with Gasteiger partial charge in [-0.2, -0.15) is 13.2 Å². The summed E-state index contributed by atoms with van der Waals surface area (Å²) in [6.45, 7) is 0.257. The van der Waals surface area contributed by atoms with Crippen molar-refractivity contribution in [3.63, 3.8) is 0 Å². The topological polar surface area (TPSA) is 83.5 Å². The molecular weight excluding hydrogens is 414 g/mol. The van der Waals surface area contributed by atoms with Crippen molar-refractivity contribution in [1.29, 1.82) is 0 Å². The summed E-state index contributed by atoms with van der Waals surface area (Å²) in [4.78, 5) is 10.6. The second-order valence-corrected chi connectivity index (χ2v) is 7.92. The molecule has 1 unspecified atom stereocenters. The maximum Gasteiger partial charge on any atom is 0.426 e. The van der Waals surface area contributed by atoms with Gasteiger partial charge in [-0.15, -0.1) is 0 Å². The predicted molar refractivity (Wildman–Crippen MR) is 88.6 cm³/mol. The lowest BCUT2D eigenvalue weighted by Gasteiger charge is -2.25. The Bertz CT molecular complexity index is 990. The van der Waals surface area contributed by atoms with Gasteiger partial charge in [0.05, 0.1) is 15.6 Å². The van der Waals surface area contributed by atoms with Crippen molar-refractivity contribution in [3.05, 3.63) is 53.3 Å². The standard InChI is InChI=1S/C16H12ClF4NO4S/c1-15(24,16(19,20)21)14(23)22-12-7-6-9(8-10(12)17)27(25,26)13-5-3-2-4-11(13)18/h2-8,24H,1H3,(H,22,23). The van der Waals surface area contributed by atoms with Gasteiger partial charge in [0.25, 0.3) is 5.91 Å². The van der Waals surface area contributed by atoms with Crippen molar-refractivity contribution in [2.45, 2.75) is 28.5 Å². The van der Waals surface area contributed by atoms with Crippen LogP contribution in [-0.4, -0.2) is 31.2 Å². The van der Waals surface area contributed by atoms with Gasteiger partial charge in [0.1, 0.15) is 10.7 Å². The van der Waals surface area contributed by atoms with Gasteiger partial charge in [0.2, 0.25) is 15.4 Å². The molecule has 11 heteroatoms. The fourth-order valence-electron chi connectivity index (χ4n) is 1.93. The fraction of sp³-hybridized carbons (Fsp3) is 0.188. The number of hydrogen-bond acceptors (Lipinski definition) is 4. The first-order valence-corrected chi connectivity index (χ1v) is 9.04. The quantitative estimate of drug-likeness (QED) is 0.734. The Morgan fingerprint density at radius 1 is 1.15 bits per heavy atom. The van der Waals surface area contributed by atoms with Crippen LogP contribution in [0.1, 0.15) is 6.92 Å². The molecule has 0 aliphatic heterocycles. The maximum atomic E-state index is 13.8. The number of anilines is 1. The average Bonchev–Trinajstić information content (AvgIpc) is 2.55. The Labute approximate surface area is 156 Å². The highest BCUT2D eigenvalue weighted by Crippen LogP contribution is 2.33. The van der Waals surface area contributed by atoms with Crippen LogP contribution in [0.3, 0.4) is 0 Å². The van der Waals surface area contributed by atoms with Crippen molar-refractivity contribution >= 4 is 33.0 Å². The van der Waals surface area contributed by atoms with E-state index in [0.29, 0.717) is 0 Å². The molecule has 2 N–H and O–H groups in total. The van der Waals surface area contributed by atoms with Gasteiger partial charge in [0, 0.05) is 0 Å². The van der Waals surface area contributed by atoms with Crippen LogP contribution in [0.5, 0.6) is 0 Å². The summed E-state index contributed by atoms with van der Waals surface area (Å²) in [5, 5.41) is 10.7. The van der Waals surface area contributed by atoms with E-state index in [1.807, 2.05) is 0 Å². The van der Waals surface area contributed by atoms with E-state index in [9.17, 15) is 35.9 Å². The molecule has 146 valence electrons. The van der Waals surface area contributed by atoms with Gasteiger partial charge in [0.15, 0.2) is 0 Å². The van der Waals surface area contributed by atoms with E-state index >= 15 is 0 Å². The van der Waals surface area contributed by atoms with Gasteiger partial charge in [-0.25, -0.2) is 12.8 Å². The highest BCUT2D eigenvalue weighted by molar-refractivity contribution is 7.91. The molecule has 0 fully saturated rings. The monoisotopic (exact) mass is 425 g/mol. The lowest BCUT2D eigenvalue weighted by molar-refractivity contribution is -0.242. The van der Waals surface area contributed by atoms with E-state index in [4.69, 9.17) is 11.6 Å². The Hall–Kier alpha value is -2.17. The molecule has 0 bridgehead atoms. The molecule has 0 aliphatic rings. The van der Waals surface area contributed by atoms with Crippen LogP contribution in [-0.2, 0) is 14.6 Å². The zero-order chi connectivity index (χ0) is 20.6. The SMILES string of the molecule is CC(O)(C(=O)Nc1ccc(S(=O)(=O)c2ccccc2F)cc1Cl)C(F)(F)F. The second-order valence-electron chi connectivity index (χ2n) is 5.60. The number of carbonyl (C=O) groups excluding carboxylic acids is 1. The van der Waals surface area contributed by atoms with Gasteiger partial charge < -0.3 is 10.4 Å². The average molecular weight is 426 g/mol. The second kappa shape index (κ2) is 7.10. The molecule has 2 aromatic rings. The molecule has 2 rings (SSSR count). The van der Waals surface area contributed by atoms with Crippen LogP contribution >= 0.6 is 11.6 Å². The van der Waals surface area contributed by atoms with E-state index in [1.165, 1.54) is 12.1 Å². The molecular formula is C16H12ClF4NO4S. The number of carbonyl (C=O) groups is 1. The number of amides is 1. The Morgan fingerprint density at radius 2 is 1.74 bits per heavy atom. The van der Waals surface area contributed by atoms with Gasteiger partial charge in [-0.3, -0.25) is 4.79 Å². The number of sulfone groups is 1. The van der Waals surface area contributed by atoms with Crippen molar-refractivity contribution in [2.75, 3.05) is 5.32 Å². The Kier molecular flexibility index (Phi) is 5.56. The van der Waals surface area contributed by atoms with Crippen molar-refractivity contribution in [2.24, 2.45) is 0 Å². The summed E-state index contributed by atoms with van der Waals surface area (Å²) in [5.41, 5.74) is -4.05. The molecule has 0 aromatic heterocycles. The zero-order valence-electron chi connectivity index (χ0n) is 13.5. The largest absolute Gasteiger partial charge is 0.426 e. The van der Waals surface area contributed by atoms with Crippen LogP contribution < -0.4 is 5.32 Å². The van der Waals surface area contributed by atoms with E-state index in [2.05, 4.69) is 0 Å². The van der Waals surface area contributed by atoms with Gasteiger partial charge >= 0.3 is 6.18 Å². The molecule has 0 aliphatic carbocycles. The number of alkyl halides is 3. The van der Waals surface area contributed by atoms with Gasteiger partial charge in [-0.05, 0) is 37.3 Å². The first-order chi connectivity index (χ1) is 12.3. The third-order valence-electron chi connectivity index (χ3n) is 3.62. The van der Waals surface area contributed by atoms with E-state index < -0.39 is 48.2 Å². The molecule has 0 saturated carbocycles. The van der Waals surface area contributed by atoms with Crippen LogP contribution in [0.15, 0.2) is 52.3 Å². The summed E-state index contributed by atoms with van der Waals surface area (Å²) >= 11 is 5.84. The highest BCUT2D eigenvalue weighted by atomic mass is 35.5. The van der Waals surface area contributed by atoms with E-state index in [-0.39, 0.29) is 12.6 Å². The highest BCUT2D eigenvalue weighted by Gasteiger charge is 2.55. The smallest absolute Gasteiger partial charge is 0.373 e. The van der Waals surface area contributed by atoms with E-state index in [0.717, 1.165) is 30.3 Å². The van der Waals surface area contributed by atoms with Crippen LogP contribution in [0, 0.1) is 5.82 Å². The number of aliphatic hydroxyl groups is 1. The third-order valence-corrected chi connectivity index (χ3v) is 5.72. The minimum atomic E-state index is -5.24. The molecule has 0 spiro atoms. The van der Waals surface area contributed by atoms with Crippen LogP contribution in [0.25, 0.3) is 0 Å². The first-order valence-electron chi connectivity index (χ1n) is 7.18. The summed E-state index contributed by atoms with van der Waals surface area (Å²) in [6.07, 6.45) is -5.24. The summed E-state index contributed by atoms with van der Waals surface area (Å²) in [7, 11) is -4.29. The minimum Gasteiger partial charge on any atom is -0.373 e.